The van der Waals surface area contributed by atoms with Gasteiger partial charge in [-0.05, 0) is 14.0 Å². The molecular weight excluding hydrogens is 313 g/mol. The van der Waals surface area contributed by atoms with Gasteiger partial charge in [-0.15, -0.1) is 0 Å². The molecule has 1 aromatic rings. The summed E-state index contributed by atoms with van der Waals surface area (Å²) >= 11 is 0. The molecule has 0 saturated carbocycles. The van der Waals surface area contributed by atoms with Crippen LogP contribution in [-0.4, -0.2) is 69.3 Å². The molecule has 130 valence electrons. The third-order valence-electron chi connectivity index (χ3n) is 4.22. The summed E-state index contributed by atoms with van der Waals surface area (Å²) in [6.07, 6.45) is -3.61. The van der Waals surface area contributed by atoms with Crippen LogP contribution in [0.4, 0.5) is 13.2 Å². The Morgan fingerprint density at radius 3 is 2.52 bits per heavy atom. The number of aliphatic hydroxyl groups is 1. The van der Waals surface area contributed by atoms with E-state index in [0.29, 0.717) is 19.6 Å². The average Bonchev–Trinajstić information content (AvgIpc) is 2.83. The van der Waals surface area contributed by atoms with Crippen LogP contribution in [0.1, 0.15) is 19.2 Å². The van der Waals surface area contributed by atoms with Crippen molar-refractivity contribution >= 4 is 5.91 Å². The number of hydrogen-bond donors (Lipinski definition) is 1. The number of likely N-dealkylation sites (N-methyl/N-ethyl adjacent to an activating group) is 1. The standard InChI is InChI=1S/C14H21F3N4O2/c1-10-9-19(2)6-7-21(10)11(22)8-13(23,14(15,16)17)12-18-4-5-20(12)3/h4-5,10,23H,6-9H2,1-3H3/t10-,13-/m1/s1. The molecule has 0 spiro atoms. The Labute approximate surface area is 132 Å². The first kappa shape index (κ1) is 17.7. The highest BCUT2D eigenvalue weighted by Crippen LogP contribution is 2.41. The van der Waals surface area contributed by atoms with Crippen LogP contribution in [0.3, 0.4) is 0 Å². The molecule has 1 N–H and O–H groups in total. The molecule has 1 aromatic heterocycles. The van der Waals surface area contributed by atoms with Crippen LogP contribution in [0.25, 0.3) is 0 Å². The van der Waals surface area contributed by atoms with Crippen LogP contribution in [0.5, 0.6) is 0 Å². The number of halogens is 3. The van der Waals surface area contributed by atoms with Crippen molar-refractivity contribution in [3.8, 4) is 0 Å². The van der Waals surface area contributed by atoms with Gasteiger partial charge in [0, 0.05) is 45.1 Å². The molecule has 0 bridgehead atoms. The SMILES string of the molecule is C[C@@H]1CN(C)CCN1C(=O)C[C@@](O)(c1nccn1C)C(F)(F)F. The molecule has 1 amide bonds. The van der Waals surface area contributed by atoms with Gasteiger partial charge in [0.2, 0.25) is 11.5 Å². The van der Waals surface area contributed by atoms with E-state index in [9.17, 15) is 23.1 Å². The highest BCUT2D eigenvalue weighted by atomic mass is 19.4. The lowest BCUT2D eigenvalue weighted by molar-refractivity contribution is -0.272. The highest BCUT2D eigenvalue weighted by Gasteiger charge is 2.59. The van der Waals surface area contributed by atoms with Gasteiger partial charge in [0.1, 0.15) is 0 Å². The number of hydrogen-bond acceptors (Lipinski definition) is 4. The predicted octanol–water partition coefficient (Wildman–Crippen LogP) is 0.723. The summed E-state index contributed by atoms with van der Waals surface area (Å²) in [6, 6.07) is -0.208. The second-order valence-corrected chi connectivity index (χ2v) is 6.09. The minimum absolute atomic E-state index is 0.208. The van der Waals surface area contributed by atoms with Crippen LogP contribution < -0.4 is 0 Å². The summed E-state index contributed by atoms with van der Waals surface area (Å²) in [5.41, 5.74) is -3.30. The molecule has 1 aliphatic heterocycles. The number of alkyl halides is 3. The van der Waals surface area contributed by atoms with Crippen molar-refractivity contribution in [3.63, 3.8) is 0 Å². The molecule has 9 heteroatoms. The van der Waals surface area contributed by atoms with E-state index >= 15 is 0 Å². The molecule has 0 aliphatic carbocycles. The molecule has 2 atom stereocenters. The van der Waals surface area contributed by atoms with Gasteiger partial charge in [-0.25, -0.2) is 4.98 Å². The maximum atomic E-state index is 13.5. The number of aryl methyl sites for hydroxylation is 1. The quantitative estimate of drug-likeness (QED) is 0.885. The van der Waals surface area contributed by atoms with E-state index in [1.807, 2.05) is 11.9 Å². The second-order valence-electron chi connectivity index (χ2n) is 6.09. The predicted molar refractivity (Wildman–Crippen MR) is 76.4 cm³/mol. The first-order valence-electron chi connectivity index (χ1n) is 7.31. The monoisotopic (exact) mass is 334 g/mol. The molecule has 0 radical (unpaired) electrons. The van der Waals surface area contributed by atoms with E-state index in [1.54, 1.807) is 6.92 Å². The maximum absolute atomic E-state index is 13.5. The van der Waals surface area contributed by atoms with Crippen molar-refractivity contribution < 1.29 is 23.1 Å². The molecule has 6 nitrogen and oxygen atoms in total. The number of carbonyl (C=O) groups excluding carboxylic acids is 1. The highest BCUT2D eigenvalue weighted by molar-refractivity contribution is 5.78. The fourth-order valence-corrected chi connectivity index (χ4v) is 2.90. The first-order chi connectivity index (χ1) is 10.6. The van der Waals surface area contributed by atoms with Gasteiger partial charge in [-0.3, -0.25) is 4.79 Å². The van der Waals surface area contributed by atoms with Gasteiger partial charge in [0.25, 0.3) is 0 Å². The number of aromatic nitrogens is 2. The Bertz CT molecular complexity index is 575. The molecule has 1 fully saturated rings. The van der Waals surface area contributed by atoms with Crippen molar-refractivity contribution in [2.45, 2.75) is 31.2 Å². The van der Waals surface area contributed by atoms with Crippen molar-refractivity contribution in [2.24, 2.45) is 7.05 Å². The third kappa shape index (κ3) is 3.35. The molecule has 23 heavy (non-hydrogen) atoms. The number of rotatable bonds is 3. The van der Waals surface area contributed by atoms with E-state index in [1.165, 1.54) is 18.1 Å². The lowest BCUT2D eigenvalue weighted by Gasteiger charge is -2.40. The number of amides is 1. The summed E-state index contributed by atoms with van der Waals surface area (Å²) in [6.45, 7) is 3.29. The molecule has 1 aliphatic rings. The zero-order valence-electron chi connectivity index (χ0n) is 13.3. The molecule has 2 heterocycles. The van der Waals surface area contributed by atoms with Gasteiger partial charge < -0.3 is 19.5 Å². The zero-order chi connectivity index (χ0) is 17.4. The summed E-state index contributed by atoms with van der Waals surface area (Å²) < 4.78 is 41.4. The minimum atomic E-state index is -5.00. The van der Waals surface area contributed by atoms with Gasteiger partial charge in [0.05, 0.1) is 6.42 Å². The fourth-order valence-electron chi connectivity index (χ4n) is 2.90. The number of carbonyl (C=O) groups is 1. The van der Waals surface area contributed by atoms with Crippen LogP contribution in [0.2, 0.25) is 0 Å². The van der Waals surface area contributed by atoms with E-state index in [4.69, 9.17) is 0 Å². The van der Waals surface area contributed by atoms with E-state index in [0.717, 1.165) is 10.8 Å². The summed E-state index contributed by atoms with van der Waals surface area (Å²) in [5, 5.41) is 10.3. The summed E-state index contributed by atoms with van der Waals surface area (Å²) in [5.74, 6) is -1.31. The van der Waals surface area contributed by atoms with Crippen molar-refractivity contribution in [3.05, 3.63) is 18.2 Å². The van der Waals surface area contributed by atoms with E-state index < -0.39 is 29.9 Å². The van der Waals surface area contributed by atoms with Crippen molar-refractivity contribution in [1.82, 2.24) is 19.4 Å². The Morgan fingerprint density at radius 1 is 1.39 bits per heavy atom. The minimum Gasteiger partial charge on any atom is -0.374 e. The van der Waals surface area contributed by atoms with Crippen LogP contribution in [0.15, 0.2) is 12.4 Å². The first-order valence-corrected chi connectivity index (χ1v) is 7.31. The second kappa shape index (κ2) is 6.12. The Hall–Kier alpha value is -1.61. The van der Waals surface area contributed by atoms with Crippen molar-refractivity contribution in [1.29, 1.82) is 0 Å². The third-order valence-corrected chi connectivity index (χ3v) is 4.22. The van der Waals surface area contributed by atoms with Crippen LogP contribution in [0, 0.1) is 0 Å². The number of imidazole rings is 1. The largest absolute Gasteiger partial charge is 0.425 e. The Balaban J connectivity index is 2.26. The summed E-state index contributed by atoms with van der Waals surface area (Å²) in [7, 11) is 3.24. The van der Waals surface area contributed by atoms with Gasteiger partial charge >= 0.3 is 6.18 Å². The fraction of sp³-hybridized carbons (Fsp3) is 0.714. The topological polar surface area (TPSA) is 61.6 Å². The molecule has 0 aromatic carbocycles. The normalized spacial score (nSPS) is 22.9. The number of nitrogens with zero attached hydrogens (tertiary/aromatic N) is 4. The Kier molecular flexibility index (Phi) is 4.72. The smallest absolute Gasteiger partial charge is 0.374 e. The van der Waals surface area contributed by atoms with Gasteiger partial charge in [-0.2, -0.15) is 13.2 Å². The van der Waals surface area contributed by atoms with Gasteiger partial charge in [0.15, 0.2) is 5.82 Å². The lowest BCUT2D eigenvalue weighted by Crippen LogP contribution is -2.55. The maximum Gasteiger partial charge on any atom is 0.425 e. The zero-order valence-corrected chi connectivity index (χ0v) is 13.3. The Morgan fingerprint density at radius 2 is 2.04 bits per heavy atom. The molecule has 1 saturated heterocycles. The van der Waals surface area contributed by atoms with Crippen LogP contribution in [-0.2, 0) is 17.4 Å². The van der Waals surface area contributed by atoms with E-state index in [-0.39, 0.29) is 6.04 Å². The molecular formula is C14H21F3N4O2. The van der Waals surface area contributed by atoms with E-state index in [2.05, 4.69) is 4.98 Å². The molecule has 2 rings (SSSR count). The van der Waals surface area contributed by atoms with Crippen molar-refractivity contribution in [2.75, 3.05) is 26.7 Å². The summed E-state index contributed by atoms with van der Waals surface area (Å²) in [4.78, 5) is 19.4. The lowest BCUT2D eigenvalue weighted by atomic mass is 9.96. The number of piperazine rings is 1. The average molecular weight is 334 g/mol. The van der Waals surface area contributed by atoms with Crippen LogP contribution >= 0.6 is 0 Å². The molecule has 0 unspecified atom stereocenters. The van der Waals surface area contributed by atoms with Gasteiger partial charge in [-0.1, -0.05) is 0 Å².